The Kier molecular flexibility index (Phi) is 6.82. The number of nitrogens with one attached hydrogen (secondary N) is 2. The number of ether oxygens (including phenoxy) is 2. The first-order valence-electron chi connectivity index (χ1n) is 8.85. The zero-order valence-corrected chi connectivity index (χ0v) is 16.4. The minimum absolute atomic E-state index is 0.385. The molecule has 0 heterocycles. The Labute approximate surface area is 159 Å². The SMILES string of the molecule is CCOc1ccc(C)cc1C(C)NC(=O)C(=O)Nc1cc(C)ccc1OC. The van der Waals surface area contributed by atoms with Gasteiger partial charge >= 0.3 is 11.8 Å². The summed E-state index contributed by atoms with van der Waals surface area (Å²) < 4.78 is 10.9. The second-order valence-corrected chi connectivity index (χ2v) is 6.33. The predicted molar refractivity (Wildman–Crippen MR) is 105 cm³/mol. The highest BCUT2D eigenvalue weighted by molar-refractivity contribution is 6.39. The van der Waals surface area contributed by atoms with Crippen molar-refractivity contribution in [2.75, 3.05) is 19.0 Å². The third-order valence-corrected chi connectivity index (χ3v) is 4.09. The summed E-state index contributed by atoms with van der Waals surface area (Å²) in [5.74, 6) is -0.296. The summed E-state index contributed by atoms with van der Waals surface area (Å²) in [7, 11) is 1.51. The quantitative estimate of drug-likeness (QED) is 0.763. The summed E-state index contributed by atoms with van der Waals surface area (Å²) in [6.45, 7) is 8.09. The van der Waals surface area contributed by atoms with Gasteiger partial charge in [0.25, 0.3) is 0 Å². The minimum Gasteiger partial charge on any atom is -0.495 e. The number of methoxy groups -OCH3 is 1. The van der Waals surface area contributed by atoms with Gasteiger partial charge in [-0.3, -0.25) is 9.59 Å². The molecular weight excluding hydrogens is 344 g/mol. The molecule has 0 aromatic heterocycles. The van der Waals surface area contributed by atoms with Gasteiger partial charge in [-0.1, -0.05) is 23.8 Å². The molecule has 6 nitrogen and oxygen atoms in total. The Hall–Kier alpha value is -3.02. The summed E-state index contributed by atoms with van der Waals surface area (Å²) in [6.07, 6.45) is 0. The van der Waals surface area contributed by atoms with Gasteiger partial charge in [0, 0.05) is 5.56 Å². The van der Waals surface area contributed by atoms with Crippen LogP contribution in [0, 0.1) is 13.8 Å². The van der Waals surface area contributed by atoms with E-state index in [1.54, 1.807) is 12.1 Å². The van der Waals surface area contributed by atoms with Crippen LogP contribution in [0.5, 0.6) is 11.5 Å². The fourth-order valence-electron chi connectivity index (χ4n) is 2.73. The Morgan fingerprint density at radius 3 is 2.26 bits per heavy atom. The van der Waals surface area contributed by atoms with Crippen molar-refractivity contribution < 1.29 is 19.1 Å². The molecule has 0 aliphatic carbocycles. The lowest BCUT2D eigenvalue weighted by molar-refractivity contribution is -0.136. The molecule has 0 aliphatic rings. The van der Waals surface area contributed by atoms with Gasteiger partial charge in [-0.2, -0.15) is 0 Å². The summed E-state index contributed by atoms with van der Waals surface area (Å²) >= 11 is 0. The monoisotopic (exact) mass is 370 g/mol. The van der Waals surface area contributed by atoms with Crippen molar-refractivity contribution in [3.8, 4) is 11.5 Å². The number of hydrogen-bond acceptors (Lipinski definition) is 4. The van der Waals surface area contributed by atoms with Crippen molar-refractivity contribution in [3.05, 3.63) is 53.1 Å². The van der Waals surface area contributed by atoms with Crippen LogP contribution in [0.2, 0.25) is 0 Å². The predicted octanol–water partition coefficient (Wildman–Crippen LogP) is 3.53. The maximum atomic E-state index is 12.4. The van der Waals surface area contributed by atoms with Gasteiger partial charge in [0.15, 0.2) is 0 Å². The number of aryl methyl sites for hydroxylation is 2. The van der Waals surface area contributed by atoms with Crippen LogP contribution in [0.25, 0.3) is 0 Å². The summed E-state index contributed by atoms with van der Waals surface area (Å²) in [5.41, 5.74) is 3.27. The Morgan fingerprint density at radius 1 is 1.00 bits per heavy atom. The topological polar surface area (TPSA) is 76.7 Å². The largest absolute Gasteiger partial charge is 0.495 e. The lowest BCUT2D eigenvalue weighted by Gasteiger charge is -2.19. The number of hydrogen-bond donors (Lipinski definition) is 2. The maximum Gasteiger partial charge on any atom is 0.313 e. The summed E-state index contributed by atoms with van der Waals surface area (Å²) in [6, 6.07) is 10.7. The fraction of sp³-hybridized carbons (Fsp3) is 0.333. The second-order valence-electron chi connectivity index (χ2n) is 6.33. The summed E-state index contributed by atoms with van der Waals surface area (Å²) in [5, 5.41) is 5.33. The first kappa shape index (κ1) is 20.3. The van der Waals surface area contributed by atoms with E-state index in [4.69, 9.17) is 9.47 Å². The lowest BCUT2D eigenvalue weighted by atomic mass is 10.0. The van der Waals surface area contributed by atoms with Crippen LogP contribution in [0.15, 0.2) is 36.4 Å². The number of carbonyl (C=O) groups is 2. The van der Waals surface area contributed by atoms with E-state index in [0.29, 0.717) is 23.8 Å². The molecule has 0 spiro atoms. The van der Waals surface area contributed by atoms with E-state index in [9.17, 15) is 9.59 Å². The minimum atomic E-state index is -0.753. The summed E-state index contributed by atoms with van der Waals surface area (Å²) in [4.78, 5) is 24.7. The number of anilines is 1. The highest BCUT2D eigenvalue weighted by atomic mass is 16.5. The molecule has 0 saturated carbocycles. The molecule has 2 N–H and O–H groups in total. The number of rotatable bonds is 6. The van der Waals surface area contributed by atoms with Gasteiger partial charge in [0.1, 0.15) is 11.5 Å². The standard InChI is InChI=1S/C21H26N2O4/c1-6-27-18-9-7-13(2)11-16(18)15(4)22-20(24)21(25)23-17-12-14(3)8-10-19(17)26-5/h7-12,15H,6H2,1-5H3,(H,22,24)(H,23,25). The molecule has 0 saturated heterocycles. The Morgan fingerprint density at radius 2 is 1.63 bits per heavy atom. The van der Waals surface area contributed by atoms with Crippen LogP contribution in [-0.2, 0) is 9.59 Å². The van der Waals surface area contributed by atoms with Gasteiger partial charge in [-0.15, -0.1) is 0 Å². The van der Waals surface area contributed by atoms with Crippen LogP contribution in [0.1, 0.15) is 36.6 Å². The molecular formula is C21H26N2O4. The van der Waals surface area contributed by atoms with Crippen LogP contribution in [0.3, 0.4) is 0 Å². The molecule has 0 bridgehead atoms. The molecule has 1 atom stereocenters. The van der Waals surface area contributed by atoms with E-state index < -0.39 is 11.8 Å². The molecule has 2 amide bonds. The smallest absolute Gasteiger partial charge is 0.313 e. The molecule has 0 aliphatic heterocycles. The number of benzene rings is 2. The van der Waals surface area contributed by atoms with Crippen molar-refractivity contribution in [2.24, 2.45) is 0 Å². The van der Waals surface area contributed by atoms with Crippen molar-refractivity contribution >= 4 is 17.5 Å². The van der Waals surface area contributed by atoms with Gasteiger partial charge in [-0.25, -0.2) is 0 Å². The first-order valence-corrected chi connectivity index (χ1v) is 8.85. The molecule has 27 heavy (non-hydrogen) atoms. The highest BCUT2D eigenvalue weighted by Gasteiger charge is 2.20. The van der Waals surface area contributed by atoms with E-state index in [0.717, 1.165) is 16.7 Å². The highest BCUT2D eigenvalue weighted by Crippen LogP contribution is 2.27. The second kappa shape index (κ2) is 9.07. The average Bonchev–Trinajstić information content (AvgIpc) is 2.63. The fourth-order valence-corrected chi connectivity index (χ4v) is 2.73. The lowest BCUT2D eigenvalue weighted by Crippen LogP contribution is -2.37. The molecule has 2 aromatic rings. The maximum absolute atomic E-state index is 12.4. The Balaban J connectivity index is 2.12. The van der Waals surface area contributed by atoms with E-state index in [1.165, 1.54) is 7.11 Å². The van der Waals surface area contributed by atoms with Crippen LogP contribution in [-0.4, -0.2) is 25.5 Å². The van der Waals surface area contributed by atoms with E-state index in [-0.39, 0.29) is 6.04 Å². The van der Waals surface area contributed by atoms with Crippen molar-refractivity contribution in [1.29, 1.82) is 0 Å². The zero-order chi connectivity index (χ0) is 20.0. The van der Waals surface area contributed by atoms with Crippen molar-refractivity contribution in [3.63, 3.8) is 0 Å². The molecule has 144 valence electrons. The van der Waals surface area contributed by atoms with Crippen molar-refractivity contribution in [2.45, 2.75) is 33.7 Å². The molecule has 6 heteroatoms. The molecule has 0 radical (unpaired) electrons. The van der Waals surface area contributed by atoms with Crippen LogP contribution in [0.4, 0.5) is 5.69 Å². The van der Waals surface area contributed by atoms with E-state index in [2.05, 4.69) is 10.6 Å². The number of carbonyl (C=O) groups excluding carboxylic acids is 2. The molecule has 1 unspecified atom stereocenters. The van der Waals surface area contributed by atoms with E-state index >= 15 is 0 Å². The zero-order valence-electron chi connectivity index (χ0n) is 16.4. The van der Waals surface area contributed by atoms with Gasteiger partial charge < -0.3 is 20.1 Å². The first-order chi connectivity index (χ1) is 12.8. The third-order valence-electron chi connectivity index (χ3n) is 4.09. The number of amides is 2. The van der Waals surface area contributed by atoms with Gasteiger partial charge in [0.2, 0.25) is 0 Å². The Bertz CT molecular complexity index is 833. The van der Waals surface area contributed by atoms with Gasteiger partial charge in [-0.05, 0) is 51.5 Å². The van der Waals surface area contributed by atoms with Crippen molar-refractivity contribution in [1.82, 2.24) is 5.32 Å². The molecule has 2 aromatic carbocycles. The van der Waals surface area contributed by atoms with Crippen LogP contribution < -0.4 is 20.1 Å². The molecule has 2 rings (SSSR count). The van der Waals surface area contributed by atoms with Crippen LogP contribution >= 0.6 is 0 Å². The normalized spacial score (nSPS) is 11.4. The van der Waals surface area contributed by atoms with E-state index in [1.807, 2.05) is 52.0 Å². The molecule has 0 fully saturated rings. The van der Waals surface area contributed by atoms with Gasteiger partial charge in [0.05, 0.1) is 25.4 Å². The third kappa shape index (κ3) is 5.23. The average molecular weight is 370 g/mol.